The Hall–Kier alpha value is -2.05. The Balaban J connectivity index is 2.70. The van der Waals surface area contributed by atoms with Crippen LogP contribution in [0.4, 0.5) is 5.69 Å². The van der Waals surface area contributed by atoms with Gasteiger partial charge in [-0.3, -0.25) is 14.3 Å². The summed E-state index contributed by atoms with van der Waals surface area (Å²) in [5.41, 5.74) is 12.3. The van der Waals surface area contributed by atoms with Crippen molar-refractivity contribution in [2.45, 2.75) is 46.2 Å². The van der Waals surface area contributed by atoms with Gasteiger partial charge >= 0.3 is 0 Å². The second-order valence-corrected chi connectivity index (χ2v) is 5.32. The molecule has 19 heavy (non-hydrogen) atoms. The normalized spacial score (nSPS) is 11.4. The fourth-order valence-corrected chi connectivity index (χ4v) is 1.90. The van der Waals surface area contributed by atoms with E-state index in [1.54, 1.807) is 32.4 Å². The average molecular weight is 267 g/mol. The average Bonchev–Trinajstić information content (AvgIpc) is 2.43. The van der Waals surface area contributed by atoms with Gasteiger partial charge in [-0.05, 0) is 27.7 Å². The van der Waals surface area contributed by atoms with Crippen molar-refractivity contribution in [1.29, 1.82) is 0 Å². The molecule has 0 fully saturated rings. The molecule has 1 heterocycles. The smallest absolute Gasteiger partial charge is 0.242 e. The molecule has 2 amide bonds. The number of nitrogens with one attached hydrogen (secondary N) is 1. The van der Waals surface area contributed by atoms with Crippen molar-refractivity contribution >= 4 is 17.5 Å². The standard InChI is InChI=1S/C12H21N5O2/c1-7-11(14)8(2)17(16-7)6-10(19)15-12(3,4)5-9(13)18/h5-6,14H2,1-4H3,(H2,13,18)(H,15,19). The first-order valence-electron chi connectivity index (χ1n) is 6.01. The summed E-state index contributed by atoms with van der Waals surface area (Å²) in [5.74, 6) is -0.697. The zero-order chi connectivity index (χ0) is 14.8. The number of rotatable bonds is 5. The minimum Gasteiger partial charge on any atom is -0.396 e. The summed E-state index contributed by atoms with van der Waals surface area (Å²) in [6, 6.07) is 0. The highest BCUT2D eigenvalue weighted by molar-refractivity contribution is 5.79. The number of hydrogen-bond donors (Lipinski definition) is 3. The summed E-state index contributed by atoms with van der Waals surface area (Å²) >= 11 is 0. The van der Waals surface area contributed by atoms with Crippen LogP contribution in [0.1, 0.15) is 31.7 Å². The first-order chi connectivity index (χ1) is 8.62. The zero-order valence-corrected chi connectivity index (χ0v) is 11.8. The van der Waals surface area contributed by atoms with Crippen LogP contribution < -0.4 is 16.8 Å². The molecule has 0 aliphatic carbocycles. The lowest BCUT2D eigenvalue weighted by atomic mass is 10.0. The van der Waals surface area contributed by atoms with E-state index in [2.05, 4.69) is 10.4 Å². The van der Waals surface area contributed by atoms with Gasteiger partial charge < -0.3 is 16.8 Å². The molecular weight excluding hydrogens is 246 g/mol. The monoisotopic (exact) mass is 267 g/mol. The molecule has 0 atom stereocenters. The van der Waals surface area contributed by atoms with Gasteiger partial charge in [0.2, 0.25) is 11.8 Å². The summed E-state index contributed by atoms with van der Waals surface area (Å²) in [4.78, 5) is 22.8. The quantitative estimate of drug-likeness (QED) is 0.688. The number of nitrogens with zero attached hydrogens (tertiary/aromatic N) is 2. The van der Waals surface area contributed by atoms with Crippen LogP contribution in [0.2, 0.25) is 0 Å². The first kappa shape index (κ1) is 15.0. The molecule has 0 saturated heterocycles. The summed E-state index contributed by atoms with van der Waals surface area (Å²) in [7, 11) is 0. The van der Waals surface area contributed by atoms with Gasteiger partial charge in [-0.2, -0.15) is 5.10 Å². The maximum absolute atomic E-state index is 11.9. The third-order valence-electron chi connectivity index (χ3n) is 2.82. The van der Waals surface area contributed by atoms with Crippen molar-refractivity contribution < 1.29 is 9.59 Å². The van der Waals surface area contributed by atoms with Gasteiger partial charge in [-0.15, -0.1) is 0 Å². The molecule has 0 unspecified atom stereocenters. The van der Waals surface area contributed by atoms with Crippen LogP contribution in [0.15, 0.2) is 0 Å². The van der Waals surface area contributed by atoms with Crippen LogP contribution in [0.25, 0.3) is 0 Å². The molecule has 0 spiro atoms. The largest absolute Gasteiger partial charge is 0.396 e. The Labute approximate surface area is 112 Å². The molecule has 106 valence electrons. The van der Waals surface area contributed by atoms with E-state index in [1.807, 2.05) is 0 Å². The summed E-state index contributed by atoms with van der Waals surface area (Å²) in [5, 5.41) is 6.93. The van der Waals surface area contributed by atoms with Crippen molar-refractivity contribution in [3.05, 3.63) is 11.4 Å². The Bertz CT molecular complexity index is 504. The van der Waals surface area contributed by atoms with E-state index >= 15 is 0 Å². The van der Waals surface area contributed by atoms with Gasteiger partial charge in [0, 0.05) is 12.0 Å². The predicted octanol–water partition coefficient (Wildman–Crippen LogP) is -0.148. The fraction of sp³-hybridized carbons (Fsp3) is 0.583. The number of aryl methyl sites for hydroxylation is 1. The number of nitrogen functional groups attached to an aromatic ring is 1. The van der Waals surface area contributed by atoms with Crippen molar-refractivity contribution in [3.8, 4) is 0 Å². The van der Waals surface area contributed by atoms with E-state index < -0.39 is 11.4 Å². The Morgan fingerprint density at radius 3 is 2.37 bits per heavy atom. The van der Waals surface area contributed by atoms with E-state index in [0.717, 1.165) is 5.69 Å². The molecule has 0 radical (unpaired) electrons. The van der Waals surface area contributed by atoms with Crippen LogP contribution in [0.5, 0.6) is 0 Å². The summed E-state index contributed by atoms with van der Waals surface area (Å²) < 4.78 is 1.54. The Kier molecular flexibility index (Phi) is 4.18. The van der Waals surface area contributed by atoms with Crippen molar-refractivity contribution in [3.63, 3.8) is 0 Å². The highest BCUT2D eigenvalue weighted by atomic mass is 16.2. The van der Waals surface area contributed by atoms with E-state index in [4.69, 9.17) is 11.5 Å². The number of carbonyl (C=O) groups is 2. The molecule has 5 N–H and O–H groups in total. The zero-order valence-electron chi connectivity index (χ0n) is 11.8. The van der Waals surface area contributed by atoms with Crippen LogP contribution in [0.3, 0.4) is 0 Å². The lowest BCUT2D eigenvalue weighted by molar-refractivity contribution is -0.124. The molecule has 1 aromatic rings. The van der Waals surface area contributed by atoms with Crippen LogP contribution >= 0.6 is 0 Å². The SMILES string of the molecule is Cc1nn(CC(=O)NC(C)(C)CC(N)=O)c(C)c1N. The Morgan fingerprint density at radius 1 is 1.37 bits per heavy atom. The molecule has 0 aliphatic heterocycles. The van der Waals surface area contributed by atoms with E-state index in [-0.39, 0.29) is 18.9 Å². The van der Waals surface area contributed by atoms with Crippen molar-refractivity contribution in [2.75, 3.05) is 5.73 Å². The number of amides is 2. The van der Waals surface area contributed by atoms with Crippen LogP contribution in [0, 0.1) is 13.8 Å². The first-order valence-corrected chi connectivity index (χ1v) is 6.01. The predicted molar refractivity (Wildman–Crippen MR) is 72.1 cm³/mol. The second kappa shape index (κ2) is 5.29. The van der Waals surface area contributed by atoms with Crippen molar-refractivity contribution in [1.82, 2.24) is 15.1 Å². The van der Waals surface area contributed by atoms with Crippen LogP contribution in [-0.2, 0) is 16.1 Å². The van der Waals surface area contributed by atoms with E-state index in [1.165, 1.54) is 0 Å². The summed E-state index contributed by atoms with van der Waals surface area (Å²) in [6.45, 7) is 7.13. The number of aromatic nitrogens is 2. The number of primary amides is 1. The maximum Gasteiger partial charge on any atom is 0.242 e. The van der Waals surface area contributed by atoms with Gasteiger partial charge in [0.15, 0.2) is 0 Å². The van der Waals surface area contributed by atoms with E-state index in [9.17, 15) is 9.59 Å². The van der Waals surface area contributed by atoms with Gasteiger partial charge in [-0.1, -0.05) is 0 Å². The number of hydrogen-bond acceptors (Lipinski definition) is 4. The minimum atomic E-state index is -0.676. The second-order valence-electron chi connectivity index (χ2n) is 5.32. The molecule has 7 heteroatoms. The van der Waals surface area contributed by atoms with Gasteiger partial charge in [-0.25, -0.2) is 0 Å². The molecule has 0 aromatic carbocycles. The van der Waals surface area contributed by atoms with E-state index in [0.29, 0.717) is 11.4 Å². The maximum atomic E-state index is 11.9. The number of anilines is 1. The lowest BCUT2D eigenvalue weighted by Gasteiger charge is -2.24. The molecule has 0 aliphatic rings. The topological polar surface area (TPSA) is 116 Å². The molecule has 7 nitrogen and oxygen atoms in total. The molecule has 1 aromatic heterocycles. The molecule has 0 saturated carbocycles. The van der Waals surface area contributed by atoms with Gasteiger partial charge in [0.05, 0.1) is 17.1 Å². The number of carbonyl (C=O) groups excluding carboxylic acids is 2. The molecule has 0 bridgehead atoms. The van der Waals surface area contributed by atoms with Crippen LogP contribution in [-0.4, -0.2) is 27.1 Å². The third-order valence-corrected chi connectivity index (χ3v) is 2.82. The highest BCUT2D eigenvalue weighted by Crippen LogP contribution is 2.14. The fourth-order valence-electron chi connectivity index (χ4n) is 1.90. The minimum absolute atomic E-state index is 0.0616. The number of nitrogens with two attached hydrogens (primary N) is 2. The Morgan fingerprint density at radius 2 is 1.95 bits per heavy atom. The summed E-state index contributed by atoms with van der Waals surface area (Å²) in [6.07, 6.45) is 0.0813. The van der Waals surface area contributed by atoms with Gasteiger partial charge in [0.25, 0.3) is 0 Å². The van der Waals surface area contributed by atoms with Gasteiger partial charge in [0.1, 0.15) is 6.54 Å². The highest BCUT2D eigenvalue weighted by Gasteiger charge is 2.23. The third kappa shape index (κ3) is 3.97. The molecular formula is C12H21N5O2. The molecule has 1 rings (SSSR count). The lowest BCUT2D eigenvalue weighted by Crippen LogP contribution is -2.47. The van der Waals surface area contributed by atoms with Crippen molar-refractivity contribution in [2.24, 2.45) is 5.73 Å².